The van der Waals surface area contributed by atoms with E-state index in [0.717, 1.165) is 6.42 Å². The van der Waals surface area contributed by atoms with Crippen molar-refractivity contribution in [2.24, 2.45) is 23.2 Å². The van der Waals surface area contributed by atoms with E-state index in [9.17, 15) is 4.79 Å². The molecule has 0 aromatic carbocycles. The van der Waals surface area contributed by atoms with E-state index in [1.807, 2.05) is 0 Å². The summed E-state index contributed by atoms with van der Waals surface area (Å²) in [5.41, 5.74) is 0.152. The molecule has 0 aromatic rings. The summed E-state index contributed by atoms with van der Waals surface area (Å²) in [5, 5.41) is 0. The molecule has 11 heavy (non-hydrogen) atoms. The third-order valence-corrected chi connectivity index (χ3v) is 3.83. The van der Waals surface area contributed by atoms with Gasteiger partial charge in [-0.25, -0.2) is 0 Å². The molecule has 0 amide bonds. The van der Waals surface area contributed by atoms with Crippen molar-refractivity contribution in [3.05, 3.63) is 0 Å². The first-order valence-corrected chi connectivity index (χ1v) is 4.65. The maximum Gasteiger partial charge on any atom is 0.144 e. The van der Waals surface area contributed by atoms with Gasteiger partial charge in [-0.3, -0.25) is 4.79 Å². The standard InChI is InChI=1S/C10H16O/c1-6(2)10-5-4-7(3)8(10)9(10)11/h6-8H,4-5H2,1-3H3/t7-,8+,10-/m1/s1. The molecule has 0 N–H and O–H groups in total. The third-order valence-electron chi connectivity index (χ3n) is 3.83. The average Bonchev–Trinajstić information content (AvgIpc) is 2.32. The van der Waals surface area contributed by atoms with Gasteiger partial charge in [-0.2, -0.15) is 0 Å². The van der Waals surface area contributed by atoms with Gasteiger partial charge in [0, 0.05) is 11.3 Å². The van der Waals surface area contributed by atoms with Crippen LogP contribution >= 0.6 is 0 Å². The molecule has 0 aliphatic heterocycles. The number of hydrogen-bond donors (Lipinski definition) is 0. The Morgan fingerprint density at radius 2 is 2.18 bits per heavy atom. The highest BCUT2D eigenvalue weighted by molar-refractivity contribution is 6.05. The quantitative estimate of drug-likeness (QED) is 0.563. The monoisotopic (exact) mass is 152 g/mol. The molecule has 0 spiro atoms. The van der Waals surface area contributed by atoms with Crippen molar-refractivity contribution in [1.29, 1.82) is 0 Å². The Balaban J connectivity index is 2.25. The van der Waals surface area contributed by atoms with Crippen LogP contribution in [-0.4, -0.2) is 5.78 Å². The molecule has 2 rings (SSSR count). The van der Waals surface area contributed by atoms with Gasteiger partial charge in [-0.1, -0.05) is 20.8 Å². The molecule has 0 unspecified atom stereocenters. The Labute approximate surface area is 68.2 Å². The van der Waals surface area contributed by atoms with Crippen molar-refractivity contribution in [3.63, 3.8) is 0 Å². The number of ketones is 1. The van der Waals surface area contributed by atoms with Crippen LogP contribution in [0.2, 0.25) is 0 Å². The molecule has 1 nitrogen and oxygen atoms in total. The summed E-state index contributed by atoms with van der Waals surface area (Å²) in [5.74, 6) is 2.25. The van der Waals surface area contributed by atoms with Crippen molar-refractivity contribution in [3.8, 4) is 0 Å². The van der Waals surface area contributed by atoms with Gasteiger partial charge >= 0.3 is 0 Å². The number of fused-ring (bicyclic) bond motifs is 1. The van der Waals surface area contributed by atoms with Gasteiger partial charge in [0.15, 0.2) is 0 Å². The molecule has 0 bridgehead atoms. The van der Waals surface area contributed by atoms with Crippen LogP contribution in [0.1, 0.15) is 33.6 Å². The molecule has 0 aromatic heterocycles. The van der Waals surface area contributed by atoms with Crippen LogP contribution in [0.4, 0.5) is 0 Å². The van der Waals surface area contributed by atoms with Crippen LogP contribution in [0.25, 0.3) is 0 Å². The second kappa shape index (κ2) is 1.88. The highest BCUT2D eigenvalue weighted by Gasteiger charge is 2.70. The van der Waals surface area contributed by atoms with Gasteiger partial charge in [0.05, 0.1) is 0 Å². The SMILES string of the molecule is CC(C)[C@]12CC[C@@H](C)[C@H]1C2=O. The Kier molecular flexibility index (Phi) is 1.25. The first-order valence-electron chi connectivity index (χ1n) is 4.65. The van der Waals surface area contributed by atoms with Crippen molar-refractivity contribution in [1.82, 2.24) is 0 Å². The highest BCUT2D eigenvalue weighted by Crippen LogP contribution is 2.66. The van der Waals surface area contributed by atoms with Crippen molar-refractivity contribution < 1.29 is 4.79 Å². The molecule has 2 aliphatic carbocycles. The van der Waals surface area contributed by atoms with Gasteiger partial charge in [-0.15, -0.1) is 0 Å². The molecule has 0 radical (unpaired) electrons. The van der Waals surface area contributed by atoms with Crippen LogP contribution in [-0.2, 0) is 4.79 Å². The summed E-state index contributed by atoms with van der Waals surface area (Å²) >= 11 is 0. The predicted molar refractivity (Wildman–Crippen MR) is 44.2 cm³/mol. The Bertz CT molecular complexity index is 207. The molecule has 2 saturated carbocycles. The minimum Gasteiger partial charge on any atom is -0.299 e. The second-order valence-electron chi connectivity index (χ2n) is 4.55. The van der Waals surface area contributed by atoms with Gasteiger partial charge in [0.25, 0.3) is 0 Å². The van der Waals surface area contributed by atoms with E-state index >= 15 is 0 Å². The van der Waals surface area contributed by atoms with Crippen LogP contribution in [0.5, 0.6) is 0 Å². The van der Waals surface area contributed by atoms with E-state index in [2.05, 4.69) is 20.8 Å². The Hall–Kier alpha value is -0.330. The van der Waals surface area contributed by atoms with E-state index in [0.29, 0.717) is 23.5 Å². The number of rotatable bonds is 1. The smallest absolute Gasteiger partial charge is 0.144 e. The summed E-state index contributed by atoms with van der Waals surface area (Å²) in [6.45, 7) is 6.60. The van der Waals surface area contributed by atoms with Gasteiger partial charge < -0.3 is 0 Å². The van der Waals surface area contributed by atoms with E-state index in [4.69, 9.17) is 0 Å². The molecule has 3 atom stereocenters. The summed E-state index contributed by atoms with van der Waals surface area (Å²) in [4.78, 5) is 11.5. The third kappa shape index (κ3) is 0.646. The summed E-state index contributed by atoms with van der Waals surface area (Å²) in [6.07, 6.45) is 2.43. The normalized spacial score (nSPS) is 48.2. The first kappa shape index (κ1) is 7.33. The van der Waals surface area contributed by atoms with Crippen LogP contribution in [0.3, 0.4) is 0 Å². The summed E-state index contributed by atoms with van der Waals surface area (Å²) in [7, 11) is 0. The van der Waals surface area contributed by atoms with Crippen LogP contribution < -0.4 is 0 Å². The molecule has 2 fully saturated rings. The molecule has 0 saturated heterocycles. The zero-order valence-electron chi connectivity index (χ0n) is 7.55. The fourth-order valence-corrected chi connectivity index (χ4v) is 3.00. The second-order valence-corrected chi connectivity index (χ2v) is 4.55. The number of hydrogen-bond acceptors (Lipinski definition) is 1. The topological polar surface area (TPSA) is 17.1 Å². The van der Waals surface area contributed by atoms with Crippen LogP contribution in [0.15, 0.2) is 0 Å². The summed E-state index contributed by atoms with van der Waals surface area (Å²) in [6, 6.07) is 0. The molecule has 62 valence electrons. The van der Waals surface area contributed by atoms with Gasteiger partial charge in [0.2, 0.25) is 0 Å². The van der Waals surface area contributed by atoms with E-state index in [1.165, 1.54) is 6.42 Å². The van der Waals surface area contributed by atoms with Gasteiger partial charge in [0.1, 0.15) is 5.78 Å². The molecule has 2 aliphatic rings. The first-order chi connectivity index (χ1) is 5.10. The molecule has 1 heteroatoms. The van der Waals surface area contributed by atoms with Crippen LogP contribution in [0, 0.1) is 23.2 Å². The zero-order chi connectivity index (χ0) is 8.22. The van der Waals surface area contributed by atoms with E-state index in [-0.39, 0.29) is 5.41 Å². The predicted octanol–water partition coefficient (Wildman–Crippen LogP) is 2.26. The van der Waals surface area contributed by atoms with Crippen molar-refractivity contribution in [2.75, 3.05) is 0 Å². The molecule has 0 heterocycles. The lowest BCUT2D eigenvalue weighted by atomic mass is 9.90. The van der Waals surface area contributed by atoms with Crippen molar-refractivity contribution >= 4 is 5.78 Å². The lowest BCUT2D eigenvalue weighted by molar-refractivity contribution is -0.115. The summed E-state index contributed by atoms with van der Waals surface area (Å²) < 4.78 is 0. The lowest BCUT2D eigenvalue weighted by Crippen LogP contribution is -2.10. The number of Topliss-reactive ketones (excluding diaryl/α,β-unsaturated/α-hetero) is 1. The number of carbonyl (C=O) groups excluding carboxylic acids is 1. The van der Waals surface area contributed by atoms with E-state index < -0.39 is 0 Å². The molecular weight excluding hydrogens is 136 g/mol. The minimum atomic E-state index is 0.152. The average molecular weight is 152 g/mol. The fraction of sp³-hybridized carbons (Fsp3) is 0.900. The maximum absolute atomic E-state index is 11.5. The minimum absolute atomic E-state index is 0.152. The van der Waals surface area contributed by atoms with E-state index in [1.54, 1.807) is 0 Å². The Morgan fingerprint density at radius 1 is 1.55 bits per heavy atom. The highest BCUT2D eigenvalue weighted by atomic mass is 16.1. The largest absolute Gasteiger partial charge is 0.299 e. The van der Waals surface area contributed by atoms with Crippen molar-refractivity contribution in [2.45, 2.75) is 33.6 Å². The maximum atomic E-state index is 11.5. The zero-order valence-corrected chi connectivity index (χ0v) is 7.55. The van der Waals surface area contributed by atoms with Gasteiger partial charge in [-0.05, 0) is 24.7 Å². The fourth-order valence-electron chi connectivity index (χ4n) is 3.00. The number of carbonyl (C=O) groups is 1. The molecular formula is C10H16O. The Morgan fingerprint density at radius 3 is 2.45 bits per heavy atom. The lowest BCUT2D eigenvalue weighted by Gasteiger charge is -2.12.